The van der Waals surface area contributed by atoms with E-state index in [1.54, 1.807) is 13.1 Å². The van der Waals surface area contributed by atoms with E-state index in [1.165, 1.54) is 16.0 Å². The standard InChI is InChI=1S/C11H14N4O2S/c1-3-7-6-18-11(13-7)15-5-8(12)9(14-15)10(16)17-4-2/h5-6H,3-4,12H2,1-2H3. The number of rotatable bonds is 4. The molecule has 2 aromatic rings. The molecular weight excluding hydrogens is 252 g/mol. The number of anilines is 1. The molecule has 0 amide bonds. The number of thiazole rings is 1. The van der Waals surface area contributed by atoms with Gasteiger partial charge in [-0.1, -0.05) is 6.92 Å². The molecule has 2 aromatic heterocycles. The zero-order chi connectivity index (χ0) is 13.1. The van der Waals surface area contributed by atoms with Crippen LogP contribution in [-0.4, -0.2) is 27.3 Å². The van der Waals surface area contributed by atoms with Gasteiger partial charge in [0.15, 0.2) is 5.69 Å². The second kappa shape index (κ2) is 5.18. The molecule has 0 fully saturated rings. The Labute approximate surface area is 108 Å². The van der Waals surface area contributed by atoms with Crippen LogP contribution in [0.15, 0.2) is 11.6 Å². The lowest BCUT2D eigenvalue weighted by Crippen LogP contribution is -2.08. The fourth-order valence-corrected chi connectivity index (χ4v) is 2.24. The number of hydrogen-bond acceptors (Lipinski definition) is 6. The Morgan fingerprint density at radius 2 is 2.33 bits per heavy atom. The Hall–Kier alpha value is -1.89. The van der Waals surface area contributed by atoms with E-state index in [2.05, 4.69) is 10.1 Å². The summed E-state index contributed by atoms with van der Waals surface area (Å²) in [7, 11) is 0. The number of carbonyl (C=O) groups excluding carboxylic acids is 1. The van der Waals surface area contributed by atoms with Crippen molar-refractivity contribution in [2.75, 3.05) is 12.3 Å². The Morgan fingerprint density at radius 1 is 1.56 bits per heavy atom. The second-order valence-corrected chi connectivity index (χ2v) is 4.41. The number of nitrogen functional groups attached to an aromatic ring is 1. The first-order valence-corrected chi connectivity index (χ1v) is 6.50. The van der Waals surface area contributed by atoms with Gasteiger partial charge in [0.2, 0.25) is 5.13 Å². The average molecular weight is 266 g/mol. The van der Waals surface area contributed by atoms with E-state index in [0.29, 0.717) is 17.4 Å². The van der Waals surface area contributed by atoms with Crippen LogP contribution in [0.1, 0.15) is 30.0 Å². The summed E-state index contributed by atoms with van der Waals surface area (Å²) in [5.41, 5.74) is 7.15. The van der Waals surface area contributed by atoms with E-state index >= 15 is 0 Å². The Morgan fingerprint density at radius 3 is 2.94 bits per heavy atom. The first-order valence-electron chi connectivity index (χ1n) is 5.62. The van der Waals surface area contributed by atoms with Gasteiger partial charge in [-0.15, -0.1) is 11.3 Å². The third kappa shape index (κ3) is 2.35. The number of aryl methyl sites for hydroxylation is 1. The molecule has 0 radical (unpaired) electrons. The summed E-state index contributed by atoms with van der Waals surface area (Å²) in [5, 5.41) is 6.76. The van der Waals surface area contributed by atoms with Gasteiger partial charge < -0.3 is 10.5 Å². The Bertz CT molecular complexity index is 561. The minimum Gasteiger partial charge on any atom is -0.461 e. The number of esters is 1. The highest BCUT2D eigenvalue weighted by molar-refractivity contribution is 7.12. The van der Waals surface area contributed by atoms with Gasteiger partial charge >= 0.3 is 5.97 Å². The van der Waals surface area contributed by atoms with Crippen molar-refractivity contribution in [1.29, 1.82) is 0 Å². The van der Waals surface area contributed by atoms with Crippen molar-refractivity contribution < 1.29 is 9.53 Å². The van der Waals surface area contributed by atoms with Crippen molar-refractivity contribution >= 4 is 23.0 Å². The highest BCUT2D eigenvalue weighted by Crippen LogP contribution is 2.18. The molecule has 96 valence electrons. The van der Waals surface area contributed by atoms with Crippen molar-refractivity contribution in [2.45, 2.75) is 20.3 Å². The molecule has 2 rings (SSSR count). The predicted molar refractivity (Wildman–Crippen MR) is 69.0 cm³/mol. The SMILES string of the molecule is CCOC(=O)c1nn(-c2nc(CC)cs2)cc1N. The van der Waals surface area contributed by atoms with E-state index in [9.17, 15) is 4.79 Å². The van der Waals surface area contributed by atoms with Crippen LogP contribution in [0.4, 0.5) is 5.69 Å². The summed E-state index contributed by atoms with van der Waals surface area (Å²) in [6, 6.07) is 0. The van der Waals surface area contributed by atoms with Gasteiger partial charge in [-0.2, -0.15) is 5.10 Å². The number of nitrogens with two attached hydrogens (primary N) is 1. The largest absolute Gasteiger partial charge is 0.461 e. The highest BCUT2D eigenvalue weighted by Gasteiger charge is 2.17. The van der Waals surface area contributed by atoms with Crippen LogP contribution >= 0.6 is 11.3 Å². The summed E-state index contributed by atoms with van der Waals surface area (Å²) in [6.07, 6.45) is 2.43. The Balaban J connectivity index is 2.30. The zero-order valence-corrected chi connectivity index (χ0v) is 11.0. The smallest absolute Gasteiger partial charge is 0.361 e. The minimum atomic E-state index is -0.513. The van der Waals surface area contributed by atoms with Crippen LogP contribution in [0.5, 0.6) is 0 Å². The molecule has 0 saturated carbocycles. The van der Waals surface area contributed by atoms with Crippen molar-refractivity contribution in [1.82, 2.24) is 14.8 Å². The van der Waals surface area contributed by atoms with Gasteiger partial charge in [-0.25, -0.2) is 14.5 Å². The lowest BCUT2D eigenvalue weighted by molar-refractivity contribution is 0.0520. The molecule has 6 nitrogen and oxygen atoms in total. The summed E-state index contributed by atoms with van der Waals surface area (Å²) in [5.74, 6) is -0.513. The molecule has 2 N–H and O–H groups in total. The normalized spacial score (nSPS) is 10.6. The molecule has 18 heavy (non-hydrogen) atoms. The summed E-state index contributed by atoms with van der Waals surface area (Å²) >= 11 is 1.46. The molecule has 0 unspecified atom stereocenters. The highest BCUT2D eigenvalue weighted by atomic mass is 32.1. The number of nitrogens with zero attached hydrogens (tertiary/aromatic N) is 3. The van der Waals surface area contributed by atoms with Gasteiger partial charge in [0.1, 0.15) is 0 Å². The number of aromatic nitrogens is 3. The molecule has 0 bridgehead atoms. The number of ether oxygens (including phenoxy) is 1. The van der Waals surface area contributed by atoms with Crippen molar-refractivity contribution in [3.05, 3.63) is 23.0 Å². The quantitative estimate of drug-likeness (QED) is 0.851. The monoisotopic (exact) mass is 266 g/mol. The molecule has 2 heterocycles. The maximum Gasteiger partial charge on any atom is 0.361 e. The van der Waals surface area contributed by atoms with Crippen LogP contribution in [0.2, 0.25) is 0 Å². The Kier molecular flexibility index (Phi) is 3.61. The molecule has 7 heteroatoms. The molecule has 0 aliphatic heterocycles. The molecule has 0 saturated heterocycles. The summed E-state index contributed by atoms with van der Waals surface area (Å²) in [4.78, 5) is 15.9. The van der Waals surface area contributed by atoms with Crippen LogP contribution in [-0.2, 0) is 11.2 Å². The fourth-order valence-electron chi connectivity index (χ4n) is 1.41. The predicted octanol–water partition coefficient (Wildman–Crippen LogP) is 1.65. The van der Waals surface area contributed by atoms with Gasteiger partial charge in [0, 0.05) is 5.38 Å². The van der Waals surface area contributed by atoms with E-state index in [-0.39, 0.29) is 5.69 Å². The van der Waals surface area contributed by atoms with E-state index in [1.807, 2.05) is 12.3 Å². The molecule has 0 aromatic carbocycles. The number of carbonyl (C=O) groups is 1. The van der Waals surface area contributed by atoms with Gasteiger partial charge in [-0.05, 0) is 13.3 Å². The minimum absolute atomic E-state index is 0.130. The molecule has 0 atom stereocenters. The van der Waals surface area contributed by atoms with E-state index < -0.39 is 5.97 Å². The van der Waals surface area contributed by atoms with Crippen molar-refractivity contribution in [3.63, 3.8) is 0 Å². The molecular formula is C11H14N4O2S. The number of hydrogen-bond donors (Lipinski definition) is 1. The van der Waals surface area contributed by atoms with Crippen LogP contribution < -0.4 is 5.73 Å². The van der Waals surface area contributed by atoms with E-state index in [4.69, 9.17) is 10.5 Å². The van der Waals surface area contributed by atoms with Gasteiger partial charge in [0.05, 0.1) is 24.2 Å². The zero-order valence-electron chi connectivity index (χ0n) is 10.2. The van der Waals surface area contributed by atoms with Crippen LogP contribution in [0, 0.1) is 0 Å². The van der Waals surface area contributed by atoms with Gasteiger partial charge in [-0.3, -0.25) is 0 Å². The average Bonchev–Trinajstić information content (AvgIpc) is 2.95. The maximum absolute atomic E-state index is 11.6. The molecule has 0 aliphatic rings. The van der Waals surface area contributed by atoms with Crippen LogP contribution in [0.25, 0.3) is 5.13 Å². The fraction of sp³-hybridized carbons (Fsp3) is 0.364. The second-order valence-electron chi connectivity index (χ2n) is 3.57. The third-order valence-electron chi connectivity index (χ3n) is 2.31. The third-order valence-corrected chi connectivity index (χ3v) is 3.19. The molecule has 0 aliphatic carbocycles. The van der Waals surface area contributed by atoms with E-state index in [0.717, 1.165) is 12.1 Å². The summed E-state index contributed by atoms with van der Waals surface area (Å²) in [6.45, 7) is 4.06. The summed E-state index contributed by atoms with van der Waals surface area (Å²) < 4.78 is 6.38. The first-order chi connectivity index (χ1) is 8.65. The first kappa shape index (κ1) is 12.6. The maximum atomic E-state index is 11.6. The van der Waals surface area contributed by atoms with Crippen molar-refractivity contribution in [3.8, 4) is 5.13 Å². The van der Waals surface area contributed by atoms with Crippen LogP contribution in [0.3, 0.4) is 0 Å². The van der Waals surface area contributed by atoms with Gasteiger partial charge in [0.25, 0.3) is 0 Å². The lowest BCUT2D eigenvalue weighted by Gasteiger charge is -1.97. The van der Waals surface area contributed by atoms with Crippen molar-refractivity contribution in [2.24, 2.45) is 0 Å². The topological polar surface area (TPSA) is 83.0 Å². The molecule has 0 spiro atoms. The lowest BCUT2D eigenvalue weighted by atomic mass is 10.4.